The van der Waals surface area contributed by atoms with Crippen molar-refractivity contribution in [1.29, 1.82) is 0 Å². The van der Waals surface area contributed by atoms with Crippen LogP contribution in [0, 0.1) is 5.82 Å². The van der Waals surface area contributed by atoms with Crippen molar-refractivity contribution in [3.05, 3.63) is 45.9 Å². The molecule has 110 valence electrons. The van der Waals surface area contributed by atoms with Crippen molar-refractivity contribution in [1.82, 2.24) is 9.97 Å². The fourth-order valence-corrected chi connectivity index (χ4v) is 2.26. The number of benzene rings is 1. The molecule has 0 atom stereocenters. The summed E-state index contributed by atoms with van der Waals surface area (Å²) >= 11 is 8.93. The Balaban J connectivity index is 2.42. The first-order chi connectivity index (χ1) is 10.1. The topological polar surface area (TPSA) is 52.1 Å². The van der Waals surface area contributed by atoms with E-state index in [4.69, 9.17) is 16.3 Å². The number of carbonyl (C=O) groups is 1. The largest absolute Gasteiger partial charge is 0.462 e. The van der Waals surface area contributed by atoms with Crippen molar-refractivity contribution < 1.29 is 13.9 Å². The van der Waals surface area contributed by atoms with E-state index in [9.17, 15) is 9.18 Å². The molecule has 1 aromatic heterocycles. The summed E-state index contributed by atoms with van der Waals surface area (Å²) < 4.78 is 18.5. The Morgan fingerprint density at radius 3 is 2.86 bits per heavy atom. The highest BCUT2D eigenvalue weighted by Crippen LogP contribution is 2.24. The third-order valence-electron chi connectivity index (χ3n) is 2.67. The minimum atomic E-state index is -0.514. The molecule has 0 aliphatic rings. The number of hydrogen-bond donors (Lipinski definition) is 0. The van der Waals surface area contributed by atoms with E-state index in [2.05, 4.69) is 25.9 Å². The zero-order valence-electron chi connectivity index (χ0n) is 11.1. The third-order valence-corrected chi connectivity index (χ3v) is 3.53. The van der Waals surface area contributed by atoms with E-state index < -0.39 is 5.97 Å². The Labute approximate surface area is 134 Å². The highest BCUT2D eigenvalue weighted by molar-refractivity contribution is 9.10. The van der Waals surface area contributed by atoms with Crippen molar-refractivity contribution in [2.45, 2.75) is 12.8 Å². The molecule has 0 saturated carbocycles. The van der Waals surface area contributed by atoms with E-state index in [0.717, 1.165) is 0 Å². The zero-order chi connectivity index (χ0) is 15.4. The van der Waals surface area contributed by atoms with Gasteiger partial charge in [0.05, 0.1) is 22.7 Å². The van der Waals surface area contributed by atoms with Gasteiger partial charge in [0.25, 0.3) is 0 Å². The first-order valence-corrected chi connectivity index (χ1v) is 7.44. The lowest BCUT2D eigenvalue weighted by Gasteiger charge is -2.08. The van der Waals surface area contributed by atoms with Crippen molar-refractivity contribution in [3.8, 4) is 11.4 Å². The third kappa shape index (κ3) is 3.57. The molecule has 7 heteroatoms. The van der Waals surface area contributed by atoms with E-state index in [1.165, 1.54) is 12.3 Å². The maximum Gasteiger partial charge on any atom is 0.341 e. The van der Waals surface area contributed by atoms with Gasteiger partial charge in [-0.3, -0.25) is 0 Å². The van der Waals surface area contributed by atoms with Gasteiger partial charge in [0.1, 0.15) is 11.4 Å². The lowest BCUT2D eigenvalue weighted by atomic mass is 10.2. The molecule has 0 amide bonds. The van der Waals surface area contributed by atoms with Gasteiger partial charge < -0.3 is 4.74 Å². The molecule has 1 heterocycles. The van der Waals surface area contributed by atoms with Crippen LogP contribution in [0.4, 0.5) is 4.39 Å². The van der Waals surface area contributed by atoms with E-state index in [-0.39, 0.29) is 23.9 Å². The number of hydrogen-bond acceptors (Lipinski definition) is 4. The molecule has 0 spiro atoms. The van der Waals surface area contributed by atoms with E-state index in [1.807, 2.05) is 0 Å². The molecule has 0 radical (unpaired) electrons. The molecule has 4 nitrogen and oxygen atoms in total. The lowest BCUT2D eigenvalue weighted by Crippen LogP contribution is -2.10. The fraction of sp³-hybridized carbons (Fsp3) is 0.214. The average Bonchev–Trinajstić information content (AvgIpc) is 2.49. The Kier molecular flexibility index (Phi) is 5.25. The standard InChI is InChI=1S/C14H11BrClFN2O2/c1-2-21-14(20)9-7-18-13(19-12(9)6-16)8-3-4-11(17)10(15)5-8/h3-5,7H,2,6H2,1H3. The van der Waals surface area contributed by atoms with E-state index >= 15 is 0 Å². The number of nitrogens with zero attached hydrogens (tertiary/aromatic N) is 2. The molecule has 2 aromatic rings. The summed E-state index contributed by atoms with van der Waals surface area (Å²) in [5.74, 6) is -0.481. The number of aromatic nitrogens is 2. The van der Waals surface area contributed by atoms with Gasteiger partial charge in [0, 0.05) is 11.8 Å². The predicted octanol–water partition coefficient (Wildman–Crippen LogP) is 3.96. The SMILES string of the molecule is CCOC(=O)c1cnc(-c2ccc(F)c(Br)c2)nc1CCl. The van der Waals surface area contributed by atoms with Crippen LogP contribution in [0.3, 0.4) is 0 Å². The summed E-state index contributed by atoms with van der Waals surface area (Å²) in [6.45, 7) is 1.97. The highest BCUT2D eigenvalue weighted by atomic mass is 79.9. The van der Waals surface area contributed by atoms with Gasteiger partial charge in [-0.2, -0.15) is 0 Å². The number of rotatable bonds is 4. The van der Waals surface area contributed by atoms with Gasteiger partial charge >= 0.3 is 5.97 Å². The summed E-state index contributed by atoms with van der Waals surface area (Å²) in [5, 5.41) is 0. The van der Waals surface area contributed by atoms with E-state index in [1.54, 1.807) is 19.1 Å². The maximum absolute atomic E-state index is 13.2. The molecule has 0 unspecified atom stereocenters. The van der Waals surface area contributed by atoms with Crippen molar-refractivity contribution in [2.75, 3.05) is 6.61 Å². The van der Waals surface area contributed by atoms with Crippen LogP contribution in [0.25, 0.3) is 11.4 Å². The lowest BCUT2D eigenvalue weighted by molar-refractivity contribution is 0.0524. The van der Waals surface area contributed by atoms with Crippen molar-refractivity contribution >= 4 is 33.5 Å². The summed E-state index contributed by atoms with van der Waals surface area (Å²) in [4.78, 5) is 20.1. The average molecular weight is 374 g/mol. The maximum atomic E-state index is 13.2. The summed E-state index contributed by atoms with van der Waals surface area (Å²) in [7, 11) is 0. The molecule has 21 heavy (non-hydrogen) atoms. The van der Waals surface area contributed by atoms with Gasteiger partial charge in [0.15, 0.2) is 5.82 Å². The Morgan fingerprint density at radius 2 is 2.24 bits per heavy atom. The summed E-state index contributed by atoms with van der Waals surface area (Å²) in [5.41, 5.74) is 1.22. The molecule has 2 rings (SSSR count). The molecule has 1 aromatic carbocycles. The van der Waals surface area contributed by atoms with Crippen LogP contribution in [0.15, 0.2) is 28.9 Å². The highest BCUT2D eigenvalue weighted by Gasteiger charge is 2.16. The predicted molar refractivity (Wildman–Crippen MR) is 80.6 cm³/mol. The van der Waals surface area contributed by atoms with Crippen LogP contribution in [0.2, 0.25) is 0 Å². The van der Waals surface area contributed by atoms with Crippen LogP contribution in [0.5, 0.6) is 0 Å². The van der Waals surface area contributed by atoms with Crippen LogP contribution in [-0.4, -0.2) is 22.5 Å². The first kappa shape index (κ1) is 15.9. The molecule has 0 aliphatic carbocycles. The minimum Gasteiger partial charge on any atom is -0.462 e. The Bertz CT molecular complexity index is 682. The summed E-state index contributed by atoms with van der Waals surface area (Å²) in [6.07, 6.45) is 1.37. The van der Waals surface area contributed by atoms with Crippen molar-refractivity contribution in [3.63, 3.8) is 0 Å². The second-order valence-corrected chi connectivity index (χ2v) is 5.16. The van der Waals surface area contributed by atoms with Crippen molar-refractivity contribution in [2.24, 2.45) is 0 Å². The van der Waals surface area contributed by atoms with Crippen LogP contribution in [0.1, 0.15) is 23.0 Å². The van der Waals surface area contributed by atoms with E-state index in [0.29, 0.717) is 21.6 Å². The molecule has 0 bridgehead atoms. The monoisotopic (exact) mass is 372 g/mol. The Morgan fingerprint density at radius 1 is 1.48 bits per heavy atom. The first-order valence-electron chi connectivity index (χ1n) is 6.11. The van der Waals surface area contributed by atoms with Crippen LogP contribution in [-0.2, 0) is 10.6 Å². The van der Waals surface area contributed by atoms with Crippen LogP contribution >= 0.6 is 27.5 Å². The van der Waals surface area contributed by atoms with Gasteiger partial charge in [-0.1, -0.05) is 0 Å². The molecular weight excluding hydrogens is 363 g/mol. The normalized spacial score (nSPS) is 10.5. The molecule has 0 fully saturated rings. The Hall–Kier alpha value is -1.53. The fourth-order valence-electron chi connectivity index (χ4n) is 1.67. The summed E-state index contributed by atoms with van der Waals surface area (Å²) in [6, 6.07) is 4.42. The number of ether oxygens (including phenoxy) is 1. The number of carbonyl (C=O) groups excluding carboxylic acids is 1. The molecule has 0 aliphatic heterocycles. The second-order valence-electron chi connectivity index (χ2n) is 4.04. The zero-order valence-corrected chi connectivity index (χ0v) is 13.4. The van der Waals surface area contributed by atoms with Gasteiger partial charge in [-0.25, -0.2) is 19.2 Å². The smallest absolute Gasteiger partial charge is 0.341 e. The van der Waals surface area contributed by atoms with Crippen LogP contribution < -0.4 is 0 Å². The minimum absolute atomic E-state index is 0.0477. The number of alkyl halides is 1. The molecule has 0 N–H and O–H groups in total. The van der Waals surface area contributed by atoms with Gasteiger partial charge in [-0.15, -0.1) is 11.6 Å². The van der Waals surface area contributed by atoms with Gasteiger partial charge in [-0.05, 0) is 41.1 Å². The number of esters is 1. The molecular formula is C14H11BrClFN2O2. The quantitative estimate of drug-likeness (QED) is 0.601. The van der Waals surface area contributed by atoms with Gasteiger partial charge in [0.2, 0.25) is 0 Å². The second kappa shape index (κ2) is 6.95. The number of halogens is 3. The molecule has 0 saturated heterocycles.